The molecule has 3 aromatic rings. The molecule has 9 heteroatoms. The van der Waals surface area contributed by atoms with Gasteiger partial charge in [-0.15, -0.1) is 12.4 Å². The molecule has 1 amide bonds. The third-order valence-corrected chi connectivity index (χ3v) is 7.81. The average molecular weight is 580 g/mol. The molecule has 0 atom stereocenters. The van der Waals surface area contributed by atoms with E-state index in [1.165, 1.54) is 0 Å². The lowest BCUT2D eigenvalue weighted by atomic mass is 10.1. The molecule has 2 aromatic carbocycles. The Morgan fingerprint density at radius 2 is 1.76 bits per heavy atom. The Balaban J connectivity index is 0.00000400. The highest BCUT2D eigenvalue weighted by molar-refractivity contribution is 6.43. The first-order valence-electron chi connectivity index (χ1n) is 13.0. The number of nitrogens with one attached hydrogen (secondary N) is 1. The van der Waals surface area contributed by atoms with Gasteiger partial charge in [-0.2, -0.15) is 0 Å². The summed E-state index contributed by atoms with van der Waals surface area (Å²) in [6, 6.07) is 15.8. The van der Waals surface area contributed by atoms with Gasteiger partial charge in [-0.3, -0.25) is 9.69 Å². The van der Waals surface area contributed by atoms with Crippen LogP contribution in [-0.4, -0.2) is 61.8 Å². The maximum absolute atomic E-state index is 13.1. The number of methoxy groups -OCH3 is 1. The molecule has 0 unspecified atom stereocenters. The van der Waals surface area contributed by atoms with Crippen LogP contribution in [0.1, 0.15) is 35.8 Å². The molecule has 2 heterocycles. The van der Waals surface area contributed by atoms with E-state index in [1.807, 2.05) is 49.4 Å². The first kappa shape index (κ1) is 30.2. The number of piperazine rings is 1. The average Bonchev–Trinajstić information content (AvgIpc) is 3.25. The quantitative estimate of drug-likeness (QED) is 0.277. The molecule has 0 spiro atoms. The van der Waals surface area contributed by atoms with Crippen molar-refractivity contribution in [2.45, 2.75) is 33.2 Å². The van der Waals surface area contributed by atoms with Gasteiger partial charge in [-0.25, -0.2) is 0 Å². The Labute approximate surface area is 242 Å². The van der Waals surface area contributed by atoms with E-state index in [-0.39, 0.29) is 18.3 Å². The van der Waals surface area contributed by atoms with Gasteiger partial charge in [-0.1, -0.05) is 48.3 Å². The molecule has 38 heavy (non-hydrogen) atoms. The minimum absolute atomic E-state index is 0. The van der Waals surface area contributed by atoms with Gasteiger partial charge in [-0.05, 0) is 56.6 Å². The zero-order valence-electron chi connectivity index (χ0n) is 22.3. The molecule has 0 radical (unpaired) electrons. The van der Waals surface area contributed by atoms with Crippen LogP contribution >= 0.6 is 35.6 Å². The zero-order valence-corrected chi connectivity index (χ0v) is 24.6. The van der Waals surface area contributed by atoms with Gasteiger partial charge in [0.25, 0.3) is 5.91 Å². The number of aromatic nitrogens is 1. The number of benzene rings is 2. The Morgan fingerprint density at radius 1 is 1.03 bits per heavy atom. The predicted molar refractivity (Wildman–Crippen MR) is 161 cm³/mol. The van der Waals surface area contributed by atoms with Gasteiger partial charge in [0.1, 0.15) is 5.75 Å². The Morgan fingerprint density at radius 3 is 2.47 bits per heavy atom. The number of ether oxygens (including phenoxy) is 1. The van der Waals surface area contributed by atoms with Crippen molar-refractivity contribution < 1.29 is 9.53 Å². The molecule has 0 aliphatic carbocycles. The molecule has 4 rings (SSSR count). The molecule has 0 saturated carbocycles. The molecule has 1 aliphatic rings. The van der Waals surface area contributed by atoms with E-state index < -0.39 is 0 Å². The third kappa shape index (κ3) is 6.97. The minimum atomic E-state index is -0.0167. The van der Waals surface area contributed by atoms with Gasteiger partial charge < -0.3 is 19.5 Å². The third-order valence-electron chi connectivity index (χ3n) is 7.00. The van der Waals surface area contributed by atoms with Crippen LogP contribution in [0.5, 0.6) is 5.75 Å². The normalized spacial score (nSPS) is 13.8. The summed E-state index contributed by atoms with van der Waals surface area (Å²) >= 11 is 12.6. The van der Waals surface area contributed by atoms with Crippen molar-refractivity contribution in [3.05, 3.63) is 69.8 Å². The largest absolute Gasteiger partial charge is 0.497 e. The summed E-state index contributed by atoms with van der Waals surface area (Å²) in [6.07, 6.45) is 1.89. The van der Waals surface area contributed by atoms with Crippen molar-refractivity contribution in [1.82, 2.24) is 14.8 Å². The predicted octanol–water partition coefficient (Wildman–Crippen LogP) is 6.55. The van der Waals surface area contributed by atoms with E-state index in [0.29, 0.717) is 16.6 Å². The number of halogens is 3. The Hall–Kier alpha value is -2.38. The fourth-order valence-corrected chi connectivity index (χ4v) is 5.37. The molecule has 1 fully saturated rings. The lowest BCUT2D eigenvalue weighted by Crippen LogP contribution is -2.47. The number of nitrogens with zero attached hydrogens (tertiary/aromatic N) is 3. The second-order valence-electron chi connectivity index (χ2n) is 9.42. The summed E-state index contributed by atoms with van der Waals surface area (Å²) in [5.41, 5.74) is 4.82. The molecule has 1 saturated heterocycles. The minimum Gasteiger partial charge on any atom is -0.497 e. The van der Waals surface area contributed by atoms with Crippen molar-refractivity contribution >= 4 is 47.2 Å². The maximum atomic E-state index is 13.1. The fourth-order valence-electron chi connectivity index (χ4n) is 4.96. The van der Waals surface area contributed by atoms with Crippen LogP contribution in [-0.2, 0) is 6.54 Å². The number of hydrogen-bond acceptors (Lipinski definition) is 4. The van der Waals surface area contributed by atoms with Crippen LogP contribution in [0.25, 0.3) is 11.3 Å². The van der Waals surface area contributed by atoms with Gasteiger partial charge in [0.15, 0.2) is 0 Å². The lowest BCUT2D eigenvalue weighted by Gasteiger charge is -2.36. The van der Waals surface area contributed by atoms with Crippen LogP contribution < -0.4 is 15.0 Å². The number of amides is 1. The second kappa shape index (κ2) is 14.1. The standard InChI is InChI=1S/C29H36Cl2N4O2.ClH/c1-4-13-35-21(2)24(20-27(35)22-8-5-9-23(19-22)37-3)29(36)32-12-7-14-33-15-17-34(18-16-33)26-11-6-10-25(30)28(26)31;/h5-6,8-11,19-20H,4,7,12-18H2,1-3H3,(H,32,36);1H. The summed E-state index contributed by atoms with van der Waals surface area (Å²) in [5, 5.41) is 4.35. The summed E-state index contributed by atoms with van der Waals surface area (Å²) in [7, 11) is 1.67. The molecule has 1 aliphatic heterocycles. The number of anilines is 1. The van der Waals surface area contributed by atoms with Crippen LogP contribution in [0.15, 0.2) is 48.5 Å². The van der Waals surface area contributed by atoms with Gasteiger partial charge in [0.2, 0.25) is 0 Å². The van der Waals surface area contributed by atoms with Crippen molar-refractivity contribution in [3.8, 4) is 17.0 Å². The topological polar surface area (TPSA) is 49.7 Å². The van der Waals surface area contributed by atoms with Crippen LogP contribution in [0.2, 0.25) is 10.0 Å². The summed E-state index contributed by atoms with van der Waals surface area (Å²) in [5.74, 6) is 0.791. The van der Waals surface area contributed by atoms with E-state index in [9.17, 15) is 4.79 Å². The first-order valence-corrected chi connectivity index (χ1v) is 13.7. The van der Waals surface area contributed by atoms with Crippen LogP contribution in [0.4, 0.5) is 5.69 Å². The van der Waals surface area contributed by atoms with E-state index >= 15 is 0 Å². The molecule has 1 N–H and O–H groups in total. The summed E-state index contributed by atoms with van der Waals surface area (Å²) in [6.45, 7) is 10.4. The molecule has 1 aromatic heterocycles. The molecule has 0 bridgehead atoms. The smallest absolute Gasteiger partial charge is 0.253 e. The highest BCUT2D eigenvalue weighted by Gasteiger charge is 2.21. The SMILES string of the molecule is CCCn1c(-c2cccc(OC)c2)cc(C(=O)NCCCN2CCN(c3cccc(Cl)c3Cl)CC2)c1C.Cl. The summed E-state index contributed by atoms with van der Waals surface area (Å²) in [4.78, 5) is 17.8. The van der Waals surface area contributed by atoms with Crippen LogP contribution in [0.3, 0.4) is 0 Å². The Bertz CT molecular complexity index is 1220. The number of hydrogen-bond donors (Lipinski definition) is 1. The van der Waals surface area contributed by atoms with Crippen molar-refractivity contribution in [2.75, 3.05) is 51.3 Å². The highest BCUT2D eigenvalue weighted by Crippen LogP contribution is 2.33. The van der Waals surface area contributed by atoms with E-state index in [1.54, 1.807) is 7.11 Å². The van der Waals surface area contributed by atoms with Crippen LogP contribution in [0, 0.1) is 6.92 Å². The number of carbonyl (C=O) groups is 1. The highest BCUT2D eigenvalue weighted by atomic mass is 35.5. The lowest BCUT2D eigenvalue weighted by molar-refractivity contribution is 0.0950. The van der Waals surface area contributed by atoms with Gasteiger partial charge >= 0.3 is 0 Å². The monoisotopic (exact) mass is 578 g/mol. The number of rotatable bonds is 10. The molecule has 206 valence electrons. The van der Waals surface area contributed by atoms with Crippen molar-refractivity contribution in [3.63, 3.8) is 0 Å². The molecular weight excluding hydrogens is 543 g/mol. The van der Waals surface area contributed by atoms with Gasteiger partial charge in [0.05, 0.1) is 28.4 Å². The molecule has 6 nitrogen and oxygen atoms in total. The Kier molecular flexibility index (Phi) is 11.2. The number of carbonyl (C=O) groups excluding carboxylic acids is 1. The van der Waals surface area contributed by atoms with E-state index in [2.05, 4.69) is 32.7 Å². The fraction of sp³-hybridized carbons (Fsp3) is 0.414. The zero-order chi connectivity index (χ0) is 26.4. The van der Waals surface area contributed by atoms with Crippen molar-refractivity contribution in [1.29, 1.82) is 0 Å². The van der Waals surface area contributed by atoms with E-state index in [4.69, 9.17) is 27.9 Å². The summed E-state index contributed by atoms with van der Waals surface area (Å²) < 4.78 is 7.64. The van der Waals surface area contributed by atoms with Crippen molar-refractivity contribution in [2.24, 2.45) is 0 Å². The second-order valence-corrected chi connectivity index (χ2v) is 10.2. The molecular formula is C29H37Cl3N4O2. The first-order chi connectivity index (χ1) is 17.9. The van der Waals surface area contributed by atoms with E-state index in [0.717, 1.165) is 86.1 Å². The maximum Gasteiger partial charge on any atom is 0.253 e. The van der Waals surface area contributed by atoms with Gasteiger partial charge in [0, 0.05) is 56.2 Å².